The lowest BCUT2D eigenvalue weighted by Gasteiger charge is -1.98. The molecule has 0 aliphatic rings. The summed E-state index contributed by atoms with van der Waals surface area (Å²) in [5, 5.41) is 34.0. The topological polar surface area (TPSA) is 149 Å². The highest BCUT2D eigenvalue weighted by molar-refractivity contribution is 8.93. The van der Waals surface area contributed by atoms with Crippen LogP contribution in [0.4, 0.5) is 0 Å². The van der Waals surface area contributed by atoms with Gasteiger partial charge in [0.25, 0.3) is 0 Å². The molecule has 0 aromatic carbocycles. The Hall–Kier alpha value is -2.28. The van der Waals surface area contributed by atoms with Crippen molar-refractivity contribution in [2.24, 2.45) is 0 Å². The number of halogens is 4. The van der Waals surface area contributed by atoms with Crippen LogP contribution in [0, 0.1) is 0 Å². The fourth-order valence-electron chi connectivity index (χ4n) is 8.35. The number of hydrogen-bond acceptors (Lipinski definition) is 4. The maximum Gasteiger partial charge on any atom is 0.303 e. The Morgan fingerprint density at radius 2 is 0.333 bits per heavy atom. The Bertz CT molecular complexity index is 1310. The van der Waals surface area contributed by atoms with Crippen LogP contribution in [0.15, 0.2) is 97.2 Å². The minimum Gasteiger partial charge on any atom is -0.481 e. The minimum atomic E-state index is -0.671. The maximum absolute atomic E-state index is 10.3. The molecule has 0 radical (unpaired) electrons. The van der Waals surface area contributed by atoms with Crippen LogP contribution < -0.4 is 0 Å². The van der Waals surface area contributed by atoms with Gasteiger partial charge >= 0.3 is 23.9 Å². The monoisotopic (exact) mass is 1440 g/mol. The van der Waals surface area contributed by atoms with E-state index in [1.54, 1.807) is 0 Å². The van der Waals surface area contributed by atoms with Crippen LogP contribution in [0.2, 0.25) is 0 Å². The molecular weight excluding hydrogens is 1310 g/mol. The van der Waals surface area contributed by atoms with Gasteiger partial charge in [-0.05, 0) is 154 Å². The van der Waals surface area contributed by atoms with E-state index < -0.39 is 23.9 Å². The summed E-state index contributed by atoms with van der Waals surface area (Å²) in [5.74, 6) is -2.68. The summed E-state index contributed by atoms with van der Waals surface area (Å²) in [6.07, 6.45) is 89.1. The van der Waals surface area contributed by atoms with Gasteiger partial charge in [-0.25, -0.2) is 0 Å². The predicted octanol–water partition coefficient (Wildman–Crippen LogP) is 25.8. The average Bonchev–Trinajstić information content (AvgIpc) is 3.43. The summed E-state index contributed by atoms with van der Waals surface area (Å²) in [6.45, 7) is 8.94. The Morgan fingerprint density at radius 1 is 0.202 bits per heavy atom. The maximum atomic E-state index is 10.3. The fraction of sp³-hybridized carbons (Fsp3) is 0.722. The lowest BCUT2D eigenvalue weighted by molar-refractivity contribution is -0.138. The normalized spacial score (nSPS) is 11.1. The highest BCUT2D eigenvalue weighted by atomic mass is 79.9. The van der Waals surface area contributed by atoms with E-state index in [0.717, 1.165) is 103 Å². The molecule has 0 unspecified atom stereocenters. The van der Waals surface area contributed by atoms with Crippen LogP contribution >= 0.6 is 67.9 Å². The highest BCUT2D eigenvalue weighted by Crippen LogP contribution is 2.12. The minimum absolute atomic E-state index is 0. The molecule has 0 aromatic rings. The SMILES string of the molecule is Br.Br.Br.Br.CCCCC/C=C\C/C=C\CCCCCCCC(=O)O.CCCCC/C=C\C/C=C\CCCCCCCC(=O)O.CCCCC/C=C\C/C=C\CCCCCCCC(=O)O.CCCCC/C=C\C/C=C\CCCCCCCC(=O)O. The third-order valence-corrected chi connectivity index (χ3v) is 13.4. The van der Waals surface area contributed by atoms with Crippen molar-refractivity contribution in [3.63, 3.8) is 0 Å². The molecule has 8 nitrogen and oxygen atoms in total. The molecule has 84 heavy (non-hydrogen) atoms. The Balaban J connectivity index is -0.000000150. The zero-order valence-corrected chi connectivity index (χ0v) is 61.1. The fourth-order valence-corrected chi connectivity index (χ4v) is 8.35. The van der Waals surface area contributed by atoms with E-state index in [4.69, 9.17) is 20.4 Å². The van der Waals surface area contributed by atoms with Gasteiger partial charge in [-0.2, -0.15) is 0 Å². The lowest BCUT2D eigenvalue weighted by Crippen LogP contribution is -1.93. The molecule has 496 valence electrons. The summed E-state index contributed by atoms with van der Waals surface area (Å²) in [7, 11) is 0. The molecule has 0 amide bonds. The molecule has 0 saturated heterocycles. The van der Waals surface area contributed by atoms with Gasteiger partial charge < -0.3 is 20.4 Å². The molecule has 0 heterocycles. The molecule has 0 spiro atoms. The van der Waals surface area contributed by atoms with E-state index >= 15 is 0 Å². The number of allylic oxidation sites excluding steroid dienone is 16. The van der Waals surface area contributed by atoms with Crippen LogP contribution in [0.5, 0.6) is 0 Å². The molecule has 0 fully saturated rings. The van der Waals surface area contributed by atoms with Crippen molar-refractivity contribution in [3.05, 3.63) is 97.2 Å². The molecule has 0 aromatic heterocycles. The van der Waals surface area contributed by atoms with E-state index in [2.05, 4.69) is 125 Å². The predicted molar refractivity (Wildman–Crippen MR) is 389 cm³/mol. The van der Waals surface area contributed by atoms with Gasteiger partial charge in [-0.1, -0.05) is 253 Å². The molecule has 0 bridgehead atoms. The van der Waals surface area contributed by atoms with Crippen molar-refractivity contribution in [3.8, 4) is 0 Å². The van der Waals surface area contributed by atoms with Gasteiger partial charge in [-0.3, -0.25) is 19.2 Å². The van der Waals surface area contributed by atoms with E-state index in [1.165, 1.54) is 180 Å². The second-order valence-electron chi connectivity index (χ2n) is 21.5. The number of carbonyl (C=O) groups is 4. The van der Waals surface area contributed by atoms with Gasteiger partial charge in [0.1, 0.15) is 0 Å². The Labute approximate surface area is 560 Å². The van der Waals surface area contributed by atoms with Crippen molar-refractivity contribution < 1.29 is 39.6 Å². The van der Waals surface area contributed by atoms with Crippen LogP contribution in [0.3, 0.4) is 0 Å². The first-order valence-electron chi connectivity index (χ1n) is 33.2. The quantitative estimate of drug-likeness (QED) is 0.0347. The van der Waals surface area contributed by atoms with Crippen molar-refractivity contribution in [2.75, 3.05) is 0 Å². The van der Waals surface area contributed by atoms with Crippen LogP contribution in [-0.4, -0.2) is 44.3 Å². The smallest absolute Gasteiger partial charge is 0.303 e. The number of aliphatic carboxylic acids is 4. The number of carboxylic acid groups (broad SMARTS) is 4. The second kappa shape index (κ2) is 94.4. The van der Waals surface area contributed by atoms with Crippen LogP contribution in [0.1, 0.15) is 336 Å². The first-order chi connectivity index (χ1) is 39.1. The molecule has 12 heteroatoms. The molecule has 0 atom stereocenters. The van der Waals surface area contributed by atoms with Crippen LogP contribution in [0.25, 0.3) is 0 Å². The molecule has 0 aliphatic heterocycles. The van der Waals surface area contributed by atoms with Crippen molar-refractivity contribution in [1.29, 1.82) is 0 Å². The summed E-state index contributed by atoms with van der Waals surface area (Å²) in [4.78, 5) is 41.3. The average molecular weight is 1450 g/mol. The van der Waals surface area contributed by atoms with Crippen molar-refractivity contribution >= 4 is 91.8 Å². The largest absolute Gasteiger partial charge is 0.481 e. The third-order valence-electron chi connectivity index (χ3n) is 13.4. The van der Waals surface area contributed by atoms with Crippen LogP contribution in [-0.2, 0) is 19.2 Å². The lowest BCUT2D eigenvalue weighted by atomic mass is 10.1. The second-order valence-corrected chi connectivity index (χ2v) is 21.5. The Morgan fingerprint density at radius 3 is 0.476 bits per heavy atom. The summed E-state index contributed by atoms with van der Waals surface area (Å²) in [5.41, 5.74) is 0. The van der Waals surface area contributed by atoms with Crippen molar-refractivity contribution in [1.82, 2.24) is 0 Å². The molecular formula is C72H132Br4O8. The first-order valence-corrected chi connectivity index (χ1v) is 33.2. The summed E-state index contributed by atoms with van der Waals surface area (Å²) < 4.78 is 0. The number of unbranched alkanes of at least 4 members (excludes halogenated alkanes) is 32. The standard InChI is InChI=1S/4C18H32O2.4BrH/c4*1-2-3-4-5-6-7-8-9-10-11-12-13-14-15-16-17-18(19)20;;;;/h4*6-7,9-10H,2-5,8,11-17H2,1H3,(H,19,20);4*1H/b4*7-6-,10-9-;;;;. The van der Waals surface area contributed by atoms with E-state index in [9.17, 15) is 19.2 Å². The van der Waals surface area contributed by atoms with Gasteiger partial charge in [0.05, 0.1) is 0 Å². The van der Waals surface area contributed by atoms with E-state index in [-0.39, 0.29) is 67.9 Å². The third kappa shape index (κ3) is 114. The number of rotatable bonds is 56. The Kier molecular flexibility index (Phi) is 110. The van der Waals surface area contributed by atoms with Gasteiger partial charge in [0.2, 0.25) is 0 Å². The summed E-state index contributed by atoms with van der Waals surface area (Å²) >= 11 is 0. The molecule has 0 saturated carbocycles. The highest BCUT2D eigenvalue weighted by Gasteiger charge is 1.99. The molecule has 0 rings (SSSR count). The summed E-state index contributed by atoms with van der Waals surface area (Å²) in [6, 6.07) is 0. The van der Waals surface area contributed by atoms with Gasteiger partial charge in [0, 0.05) is 25.7 Å². The van der Waals surface area contributed by atoms with Crippen molar-refractivity contribution in [2.45, 2.75) is 336 Å². The number of carboxylic acids is 4. The molecule has 0 aliphatic carbocycles. The van der Waals surface area contributed by atoms with E-state index in [0.29, 0.717) is 25.7 Å². The van der Waals surface area contributed by atoms with Gasteiger partial charge in [-0.15, -0.1) is 67.9 Å². The van der Waals surface area contributed by atoms with Gasteiger partial charge in [0.15, 0.2) is 0 Å². The molecule has 4 N–H and O–H groups in total. The first kappa shape index (κ1) is 98.0. The number of hydrogen-bond donors (Lipinski definition) is 4. The van der Waals surface area contributed by atoms with E-state index in [1.807, 2.05) is 0 Å². The zero-order chi connectivity index (χ0) is 59.6. The zero-order valence-electron chi connectivity index (χ0n) is 54.2.